The average molecular weight is 1840 g/mol. The minimum atomic E-state index is -0.339. The van der Waals surface area contributed by atoms with Gasteiger partial charge >= 0.3 is 0 Å². The lowest BCUT2D eigenvalue weighted by Gasteiger charge is -2.32. The van der Waals surface area contributed by atoms with E-state index in [2.05, 4.69) is 481 Å². The van der Waals surface area contributed by atoms with E-state index in [1.165, 1.54) is 38.9 Å². The van der Waals surface area contributed by atoms with Crippen LogP contribution in [0.4, 0.5) is 68.2 Å². The zero-order valence-corrected chi connectivity index (χ0v) is 82.3. The van der Waals surface area contributed by atoms with Crippen molar-refractivity contribution in [2.24, 2.45) is 0 Å². The summed E-state index contributed by atoms with van der Waals surface area (Å²) in [7, 11) is 0. The fourth-order valence-corrected chi connectivity index (χ4v) is 23.1. The van der Waals surface area contributed by atoms with Crippen LogP contribution in [0.1, 0.15) is 127 Å². The van der Waals surface area contributed by atoms with Gasteiger partial charge in [0.25, 0.3) is 0 Å². The SMILES string of the molecule is Cc1ccc(N(c2ccc3c(ccc4oc5ccc6cc(N(c7ccc(C)cc7)c7cccc8c7oc7c(C(C)(C)CCC(C)(C)c9cccc%10c9oc9c(N(c%11cccc(C)c%11)c%11ccc%12c(ccc%13oc%14ccc%15cc(N(c%16cccc(C)c%16)c%16cccc%17c%16oc%16c(C(C)(C)C)cccc%16%17)ccc%15c%14c%13%12)c%11)cccc9%10)cccc78)ccc6c5c43)c2)c2cccc3c2oc2c(C(C)(C)C)cccc23)cc1. The number of fused-ring (bicyclic) bond motifs is 26. The van der Waals surface area contributed by atoms with Gasteiger partial charge in [0.05, 0.1) is 22.7 Å². The van der Waals surface area contributed by atoms with Crippen LogP contribution in [0.3, 0.4) is 0 Å². The molecule has 0 spiro atoms. The van der Waals surface area contributed by atoms with E-state index in [-0.39, 0.29) is 21.7 Å². The van der Waals surface area contributed by atoms with Crippen LogP contribution in [0, 0.1) is 27.7 Å². The lowest BCUT2D eigenvalue weighted by molar-refractivity contribution is 0.374. The van der Waals surface area contributed by atoms with Crippen LogP contribution in [0.5, 0.6) is 0 Å². The Morgan fingerprint density at radius 1 is 0.183 bits per heavy atom. The number of hydrogen-bond acceptors (Lipinski definition) is 10. The van der Waals surface area contributed by atoms with Crippen molar-refractivity contribution in [2.75, 3.05) is 19.6 Å². The van der Waals surface area contributed by atoms with Gasteiger partial charge in [-0.2, -0.15) is 0 Å². The molecule has 6 aromatic heterocycles. The number of rotatable bonds is 17. The molecule has 20 aromatic carbocycles. The third kappa shape index (κ3) is 13.8. The van der Waals surface area contributed by atoms with Gasteiger partial charge in [-0.05, 0) is 262 Å². The van der Waals surface area contributed by atoms with E-state index in [0.717, 1.165) is 261 Å². The summed E-state index contributed by atoms with van der Waals surface area (Å²) in [5.74, 6) is 0. The monoisotopic (exact) mass is 1840 g/mol. The largest absolute Gasteiger partial charge is 0.456 e. The van der Waals surface area contributed by atoms with Crippen molar-refractivity contribution < 1.29 is 26.5 Å². The van der Waals surface area contributed by atoms with Crippen molar-refractivity contribution in [3.63, 3.8) is 0 Å². The van der Waals surface area contributed by atoms with Gasteiger partial charge in [-0.15, -0.1) is 0 Å². The van der Waals surface area contributed by atoms with Crippen LogP contribution in [0.2, 0.25) is 0 Å². The van der Waals surface area contributed by atoms with Crippen LogP contribution in [-0.2, 0) is 21.7 Å². The van der Waals surface area contributed by atoms with Gasteiger partial charge in [-0.1, -0.05) is 299 Å². The van der Waals surface area contributed by atoms with E-state index in [1.807, 2.05) is 0 Å². The van der Waals surface area contributed by atoms with E-state index in [9.17, 15) is 0 Å². The Morgan fingerprint density at radius 3 is 0.690 bits per heavy atom. The lowest BCUT2D eigenvalue weighted by Crippen LogP contribution is -2.24. The number of benzene rings is 20. The molecule has 0 aliphatic heterocycles. The lowest BCUT2D eigenvalue weighted by atomic mass is 9.72. The predicted molar refractivity (Wildman–Crippen MR) is 597 cm³/mol. The summed E-state index contributed by atoms with van der Waals surface area (Å²) in [4.78, 5) is 9.45. The van der Waals surface area contributed by atoms with E-state index < -0.39 is 0 Å². The van der Waals surface area contributed by atoms with Crippen molar-refractivity contribution in [3.05, 3.63) is 408 Å². The topological polar surface area (TPSA) is 91.8 Å². The minimum absolute atomic E-state index is 0.113. The fourth-order valence-electron chi connectivity index (χ4n) is 23.1. The highest BCUT2D eigenvalue weighted by Crippen LogP contribution is 2.55. The van der Waals surface area contributed by atoms with Gasteiger partial charge in [0, 0.05) is 132 Å². The predicted octanol–water partition coefficient (Wildman–Crippen LogP) is 39.4. The molecule has 0 bridgehead atoms. The second-order valence-electron chi connectivity index (χ2n) is 42.8. The maximum atomic E-state index is 7.54. The van der Waals surface area contributed by atoms with Crippen molar-refractivity contribution in [3.8, 4) is 0 Å². The molecule has 690 valence electrons. The summed E-state index contributed by atoms with van der Waals surface area (Å²) in [6.45, 7) is 31.7. The molecule has 0 amide bonds. The summed E-state index contributed by atoms with van der Waals surface area (Å²) in [5, 5.41) is 21.9. The van der Waals surface area contributed by atoms with Crippen LogP contribution < -0.4 is 19.6 Å². The molecule has 142 heavy (non-hydrogen) atoms. The Bertz CT molecular complexity index is 9730. The smallest absolute Gasteiger partial charge is 0.159 e. The van der Waals surface area contributed by atoms with Gasteiger partial charge in [-0.25, -0.2) is 0 Å². The molecule has 26 rings (SSSR count). The highest BCUT2D eigenvalue weighted by molar-refractivity contribution is 6.29. The first-order valence-corrected chi connectivity index (χ1v) is 49.7. The molecule has 26 aromatic rings. The first-order valence-electron chi connectivity index (χ1n) is 49.7. The molecular formula is C132H106N4O6. The summed E-state index contributed by atoms with van der Waals surface area (Å²) in [6, 6.07) is 133. The Morgan fingerprint density at radius 2 is 0.415 bits per heavy atom. The number of anilines is 12. The minimum Gasteiger partial charge on any atom is -0.456 e. The molecule has 10 heteroatoms. The van der Waals surface area contributed by atoms with Crippen molar-refractivity contribution in [1.29, 1.82) is 0 Å². The third-order valence-corrected chi connectivity index (χ3v) is 30.4. The normalized spacial score (nSPS) is 12.6. The Balaban J connectivity index is 0.519. The molecule has 0 aliphatic rings. The maximum absolute atomic E-state index is 7.54. The quantitative estimate of drug-likeness (QED) is 0.0878. The maximum Gasteiger partial charge on any atom is 0.159 e. The van der Waals surface area contributed by atoms with Gasteiger partial charge in [-0.3, -0.25) is 0 Å². The Kier molecular flexibility index (Phi) is 19.3. The summed E-state index contributed by atoms with van der Waals surface area (Å²) < 4.78 is 43.0. The summed E-state index contributed by atoms with van der Waals surface area (Å²) >= 11 is 0. The molecule has 0 N–H and O–H groups in total. The molecule has 0 atom stereocenters. The fraction of sp³-hybridized carbons (Fsp3) is 0.152. The molecule has 0 aliphatic carbocycles. The van der Waals surface area contributed by atoms with Gasteiger partial charge in [0.2, 0.25) is 0 Å². The van der Waals surface area contributed by atoms with Gasteiger partial charge in [0.1, 0.15) is 44.7 Å². The van der Waals surface area contributed by atoms with E-state index in [1.54, 1.807) is 0 Å². The summed E-state index contributed by atoms with van der Waals surface area (Å²) in [6.07, 6.45) is 1.71. The first-order chi connectivity index (χ1) is 68.8. The zero-order valence-electron chi connectivity index (χ0n) is 82.3. The second kappa shape index (κ2) is 32.0. The number of para-hydroxylation sites is 8. The highest BCUT2D eigenvalue weighted by atomic mass is 16.4. The molecule has 0 saturated heterocycles. The zero-order chi connectivity index (χ0) is 96.4. The number of nitrogens with zero attached hydrogens (tertiary/aromatic N) is 4. The van der Waals surface area contributed by atoms with Gasteiger partial charge in [0.15, 0.2) is 22.3 Å². The highest BCUT2D eigenvalue weighted by Gasteiger charge is 2.36. The van der Waals surface area contributed by atoms with E-state index >= 15 is 0 Å². The molecule has 10 nitrogen and oxygen atoms in total. The van der Waals surface area contributed by atoms with Gasteiger partial charge < -0.3 is 46.1 Å². The van der Waals surface area contributed by atoms with Crippen LogP contribution in [-0.4, -0.2) is 0 Å². The van der Waals surface area contributed by atoms with E-state index in [0.29, 0.717) is 0 Å². The van der Waals surface area contributed by atoms with Crippen molar-refractivity contribution >= 4 is 243 Å². The molecule has 0 radical (unpaired) electrons. The van der Waals surface area contributed by atoms with Crippen molar-refractivity contribution in [2.45, 2.75) is 131 Å². The van der Waals surface area contributed by atoms with Crippen LogP contribution in [0.25, 0.3) is 175 Å². The molecular weight excluding hydrogens is 1740 g/mol. The summed E-state index contributed by atoms with van der Waals surface area (Å²) in [5.41, 5.74) is 31.0. The standard InChI is InChI=1S/C132H106N4O6/c1-77-45-53-85(54-46-77)133(109-41-21-33-101-97-29-17-37-105(129(5,6)7)121(97)139-125(101)109)89-57-61-93-81(73-89)49-65-113-117(93)118-94-62-58-90(74-82(94)50-66-114(118)137-113)134(86-55-47-78(2)48-56-86)110-42-22-35-103-99-31-19-39-107(123(99)141-126(103)110)131(11,12)69-70-132(13,14)108-40-20-32-100-104-36-24-44-112(128(104)142-124(100)108)136(88-28-16-26-80(4)72-88)92-60-64-96-84(76-92)52-68-116-120(96)119-95-63-59-91(75-83(95)51-67-115(119)138-116)135(87-27-15-25-79(3)71-87)111-43-23-34-102-98-30-18-38-106(130(8,9)10)122(98)140-127(102)111/h15-68,71-76H,69-70H2,1-14H3. The van der Waals surface area contributed by atoms with E-state index in [4.69, 9.17) is 26.5 Å². The van der Waals surface area contributed by atoms with Crippen LogP contribution >= 0.6 is 0 Å². The van der Waals surface area contributed by atoms with Crippen LogP contribution in [0.15, 0.2) is 390 Å². The molecule has 0 fully saturated rings. The number of hydrogen-bond donors (Lipinski definition) is 0. The third-order valence-electron chi connectivity index (χ3n) is 30.4. The van der Waals surface area contributed by atoms with Crippen molar-refractivity contribution in [1.82, 2.24) is 0 Å². The number of furan rings is 6. The molecule has 6 heterocycles. The Labute approximate surface area is 823 Å². The second-order valence-corrected chi connectivity index (χ2v) is 42.8. The average Bonchev–Trinajstić information content (AvgIpc) is 1.56. The Hall–Kier alpha value is -16.6. The molecule has 0 unspecified atom stereocenters. The molecule has 0 saturated carbocycles. The first kappa shape index (κ1) is 85.8. The number of aryl methyl sites for hydroxylation is 4.